The Balaban J connectivity index is 1.61. The number of rotatable bonds is 6. The SMILES string of the molecule is Cc1nsnc1Cn1nnc(C(=O)NCCc2cccs2)c1C. The summed E-state index contributed by atoms with van der Waals surface area (Å²) in [7, 11) is 0. The number of nitrogens with one attached hydrogen (secondary N) is 1. The first kappa shape index (κ1) is 15.8. The van der Waals surface area contributed by atoms with Crippen molar-refractivity contribution in [1.29, 1.82) is 0 Å². The zero-order valence-electron chi connectivity index (χ0n) is 12.8. The van der Waals surface area contributed by atoms with Crippen LogP contribution < -0.4 is 5.32 Å². The summed E-state index contributed by atoms with van der Waals surface area (Å²) in [5.74, 6) is -0.196. The molecule has 0 saturated carbocycles. The molecule has 1 amide bonds. The predicted octanol–water partition coefficient (Wildman–Crippen LogP) is 1.83. The van der Waals surface area contributed by atoms with Gasteiger partial charge in [-0.05, 0) is 31.7 Å². The molecule has 23 heavy (non-hydrogen) atoms. The second kappa shape index (κ2) is 6.97. The lowest BCUT2D eigenvalue weighted by Gasteiger charge is -2.04. The predicted molar refractivity (Wildman–Crippen MR) is 88.9 cm³/mol. The molecule has 3 heterocycles. The zero-order valence-corrected chi connectivity index (χ0v) is 14.4. The van der Waals surface area contributed by atoms with Crippen molar-refractivity contribution in [3.8, 4) is 0 Å². The highest BCUT2D eigenvalue weighted by atomic mass is 32.1. The highest BCUT2D eigenvalue weighted by Crippen LogP contribution is 2.11. The molecule has 0 aliphatic heterocycles. The number of aromatic nitrogens is 5. The van der Waals surface area contributed by atoms with Crippen molar-refractivity contribution in [2.24, 2.45) is 0 Å². The molecule has 0 radical (unpaired) electrons. The van der Waals surface area contributed by atoms with E-state index in [1.54, 1.807) is 16.0 Å². The van der Waals surface area contributed by atoms with Crippen LogP contribution in [0.5, 0.6) is 0 Å². The smallest absolute Gasteiger partial charge is 0.273 e. The van der Waals surface area contributed by atoms with Crippen molar-refractivity contribution in [3.63, 3.8) is 0 Å². The number of carbonyl (C=O) groups is 1. The van der Waals surface area contributed by atoms with Gasteiger partial charge in [-0.3, -0.25) is 4.79 Å². The number of hydrogen-bond donors (Lipinski definition) is 1. The molecule has 3 aromatic rings. The van der Waals surface area contributed by atoms with Crippen LogP contribution in [0.25, 0.3) is 0 Å². The van der Waals surface area contributed by atoms with Crippen LogP contribution in [0.15, 0.2) is 17.5 Å². The second-order valence-corrected chi connectivity index (χ2v) is 6.62. The summed E-state index contributed by atoms with van der Waals surface area (Å²) in [6.07, 6.45) is 0.820. The summed E-state index contributed by atoms with van der Waals surface area (Å²) in [5, 5.41) is 13.0. The third kappa shape index (κ3) is 3.62. The number of thiophene rings is 1. The lowest BCUT2D eigenvalue weighted by molar-refractivity contribution is 0.0948. The van der Waals surface area contributed by atoms with Gasteiger partial charge in [0.05, 0.1) is 35.4 Å². The van der Waals surface area contributed by atoms with Crippen molar-refractivity contribution in [2.75, 3.05) is 6.54 Å². The monoisotopic (exact) mass is 348 g/mol. The molecule has 0 unspecified atom stereocenters. The minimum absolute atomic E-state index is 0.196. The first-order valence-corrected chi connectivity index (χ1v) is 8.75. The quantitative estimate of drug-likeness (QED) is 0.734. The van der Waals surface area contributed by atoms with Gasteiger partial charge in [-0.2, -0.15) is 8.75 Å². The van der Waals surface area contributed by atoms with Gasteiger partial charge in [-0.15, -0.1) is 16.4 Å². The van der Waals surface area contributed by atoms with Crippen LogP contribution in [-0.4, -0.2) is 36.2 Å². The fourth-order valence-corrected chi connectivity index (χ4v) is 3.36. The van der Waals surface area contributed by atoms with Crippen molar-refractivity contribution in [3.05, 3.63) is 45.2 Å². The third-order valence-electron chi connectivity index (χ3n) is 3.48. The van der Waals surface area contributed by atoms with Crippen molar-refractivity contribution in [1.82, 2.24) is 29.1 Å². The molecular weight excluding hydrogens is 332 g/mol. The Hall–Kier alpha value is -2.13. The Bertz CT molecular complexity index is 792. The zero-order chi connectivity index (χ0) is 16.2. The molecule has 0 bridgehead atoms. The molecule has 0 aliphatic rings. The Morgan fingerprint density at radius 3 is 2.91 bits per heavy atom. The minimum Gasteiger partial charge on any atom is -0.350 e. The Morgan fingerprint density at radius 2 is 2.22 bits per heavy atom. The van der Waals surface area contributed by atoms with Crippen LogP contribution in [0, 0.1) is 13.8 Å². The van der Waals surface area contributed by atoms with Crippen molar-refractivity contribution >= 4 is 29.0 Å². The number of aryl methyl sites for hydroxylation is 1. The van der Waals surface area contributed by atoms with Crippen LogP contribution in [-0.2, 0) is 13.0 Å². The van der Waals surface area contributed by atoms with Crippen LogP contribution in [0.3, 0.4) is 0 Å². The Labute approximate surface area is 141 Å². The summed E-state index contributed by atoms with van der Waals surface area (Å²) >= 11 is 2.86. The number of amides is 1. The maximum absolute atomic E-state index is 12.2. The molecule has 0 fully saturated rings. The summed E-state index contributed by atoms with van der Waals surface area (Å²) in [6.45, 7) is 4.80. The number of carbonyl (C=O) groups excluding carboxylic acids is 1. The molecule has 120 valence electrons. The first-order chi connectivity index (χ1) is 11.1. The highest BCUT2D eigenvalue weighted by molar-refractivity contribution is 7.09. The lowest BCUT2D eigenvalue weighted by Crippen LogP contribution is -2.26. The maximum Gasteiger partial charge on any atom is 0.273 e. The normalized spacial score (nSPS) is 10.9. The van der Waals surface area contributed by atoms with Gasteiger partial charge in [-0.1, -0.05) is 11.3 Å². The molecule has 9 heteroatoms. The van der Waals surface area contributed by atoms with Gasteiger partial charge in [0.1, 0.15) is 0 Å². The summed E-state index contributed by atoms with van der Waals surface area (Å²) in [6, 6.07) is 4.06. The van der Waals surface area contributed by atoms with Gasteiger partial charge in [-0.25, -0.2) is 4.68 Å². The van der Waals surface area contributed by atoms with Gasteiger partial charge in [0, 0.05) is 11.4 Å². The van der Waals surface area contributed by atoms with Crippen molar-refractivity contribution in [2.45, 2.75) is 26.8 Å². The minimum atomic E-state index is -0.196. The van der Waals surface area contributed by atoms with Gasteiger partial charge < -0.3 is 5.32 Å². The van der Waals surface area contributed by atoms with E-state index in [-0.39, 0.29) is 5.91 Å². The van der Waals surface area contributed by atoms with Gasteiger partial charge in [0.25, 0.3) is 5.91 Å². The summed E-state index contributed by atoms with van der Waals surface area (Å²) in [4.78, 5) is 13.5. The Kier molecular flexibility index (Phi) is 4.77. The Morgan fingerprint density at radius 1 is 1.35 bits per heavy atom. The molecule has 0 aliphatic carbocycles. The molecule has 0 saturated heterocycles. The number of hydrogen-bond acceptors (Lipinski definition) is 7. The van der Waals surface area contributed by atoms with E-state index in [0.29, 0.717) is 18.8 Å². The van der Waals surface area contributed by atoms with E-state index in [0.717, 1.165) is 23.5 Å². The van der Waals surface area contributed by atoms with Crippen LogP contribution >= 0.6 is 23.1 Å². The van der Waals surface area contributed by atoms with E-state index in [1.807, 2.05) is 25.3 Å². The summed E-state index contributed by atoms with van der Waals surface area (Å²) < 4.78 is 10.0. The molecule has 3 aromatic heterocycles. The van der Waals surface area contributed by atoms with E-state index >= 15 is 0 Å². The van der Waals surface area contributed by atoms with E-state index in [9.17, 15) is 4.79 Å². The van der Waals surface area contributed by atoms with Gasteiger partial charge >= 0.3 is 0 Å². The molecule has 1 N–H and O–H groups in total. The standard InChI is InChI=1S/C14H16N6OS2/c1-9-12(18-23-17-9)8-20-10(2)13(16-19-20)14(21)15-6-5-11-4-3-7-22-11/h3-4,7H,5-6,8H2,1-2H3,(H,15,21). The van der Waals surface area contributed by atoms with Crippen molar-refractivity contribution < 1.29 is 4.79 Å². The number of nitrogens with zero attached hydrogens (tertiary/aromatic N) is 5. The van der Waals surface area contributed by atoms with E-state index < -0.39 is 0 Å². The lowest BCUT2D eigenvalue weighted by atomic mass is 10.3. The van der Waals surface area contributed by atoms with Crippen LogP contribution in [0.4, 0.5) is 0 Å². The van der Waals surface area contributed by atoms with Crippen LogP contribution in [0.1, 0.15) is 32.4 Å². The van der Waals surface area contributed by atoms with E-state index in [2.05, 4.69) is 30.4 Å². The topological polar surface area (TPSA) is 85.6 Å². The third-order valence-corrected chi connectivity index (χ3v) is 5.07. The second-order valence-electron chi connectivity index (χ2n) is 5.06. The molecule has 3 rings (SSSR count). The van der Waals surface area contributed by atoms with E-state index in [4.69, 9.17) is 0 Å². The maximum atomic E-state index is 12.2. The average Bonchev–Trinajstić information content (AvgIpc) is 3.24. The molecule has 7 nitrogen and oxygen atoms in total. The fourth-order valence-electron chi connectivity index (χ4n) is 2.09. The first-order valence-electron chi connectivity index (χ1n) is 7.14. The van der Waals surface area contributed by atoms with Gasteiger partial charge in [0.15, 0.2) is 5.69 Å². The molecule has 0 atom stereocenters. The molecular formula is C14H16N6OS2. The highest BCUT2D eigenvalue weighted by Gasteiger charge is 2.17. The molecule has 0 spiro atoms. The molecule has 0 aromatic carbocycles. The van der Waals surface area contributed by atoms with Gasteiger partial charge in [0.2, 0.25) is 0 Å². The largest absolute Gasteiger partial charge is 0.350 e. The fraction of sp³-hybridized carbons (Fsp3) is 0.357. The van der Waals surface area contributed by atoms with Crippen LogP contribution in [0.2, 0.25) is 0 Å². The summed E-state index contributed by atoms with van der Waals surface area (Å²) in [5.41, 5.74) is 2.82. The van der Waals surface area contributed by atoms with E-state index in [1.165, 1.54) is 16.6 Å². The average molecular weight is 348 g/mol.